The van der Waals surface area contributed by atoms with Crippen molar-refractivity contribution >= 4 is 56.7 Å². The van der Waals surface area contributed by atoms with E-state index in [-0.39, 0.29) is 10.8 Å². The van der Waals surface area contributed by atoms with Crippen molar-refractivity contribution < 1.29 is 9.31 Å². The van der Waals surface area contributed by atoms with E-state index in [1.807, 2.05) is 0 Å². The van der Waals surface area contributed by atoms with Gasteiger partial charge in [-0.2, -0.15) is 0 Å². The van der Waals surface area contributed by atoms with Crippen LogP contribution in [0.25, 0.3) is 22.3 Å². The lowest BCUT2D eigenvalue weighted by Crippen LogP contribution is -2.41. The van der Waals surface area contributed by atoms with E-state index in [2.05, 4.69) is 217 Å². The van der Waals surface area contributed by atoms with Crippen molar-refractivity contribution in [2.45, 2.75) is 77.4 Å². The summed E-state index contributed by atoms with van der Waals surface area (Å²) in [5.74, 6) is 0. The lowest BCUT2D eigenvalue weighted by molar-refractivity contribution is 0.00578. The fraction of sp³-hybridized carbons (Fsp3) is 0.231. The second-order valence-corrected chi connectivity index (χ2v) is 19.1. The highest BCUT2D eigenvalue weighted by molar-refractivity contribution is 7.22. The van der Waals surface area contributed by atoms with Crippen molar-refractivity contribution in [1.82, 2.24) is 0 Å². The highest BCUT2D eigenvalue weighted by atomic mass is 32.1. The van der Waals surface area contributed by atoms with Gasteiger partial charge in [-0.3, -0.25) is 0 Å². The summed E-state index contributed by atoms with van der Waals surface area (Å²) in [4.78, 5) is 4.82. The van der Waals surface area contributed by atoms with Gasteiger partial charge in [-0.15, -0.1) is 0 Å². The third-order valence-corrected chi connectivity index (χ3v) is 14.5. The molecule has 7 aromatic rings. The molecule has 1 aliphatic heterocycles. The van der Waals surface area contributed by atoms with E-state index in [1.165, 1.54) is 44.5 Å². The molecule has 3 aliphatic rings. The molecule has 6 heteroatoms. The zero-order valence-electron chi connectivity index (χ0n) is 34.6. The van der Waals surface area contributed by atoms with E-state index in [4.69, 9.17) is 9.31 Å². The Bertz CT molecular complexity index is 2700. The number of para-hydroxylation sites is 2. The molecule has 0 N–H and O–H groups in total. The molecule has 288 valence electrons. The highest BCUT2D eigenvalue weighted by Gasteiger charge is 2.53. The minimum absolute atomic E-state index is 0.0893. The maximum atomic E-state index is 6.93. The smallest absolute Gasteiger partial charge is 0.399 e. The van der Waals surface area contributed by atoms with Gasteiger partial charge in [0.15, 0.2) is 0 Å². The molecule has 2 heterocycles. The largest absolute Gasteiger partial charge is 0.497 e. The number of rotatable bonds is 7. The Balaban J connectivity index is 1.20. The molecule has 0 amide bonds. The van der Waals surface area contributed by atoms with E-state index in [0.29, 0.717) is 0 Å². The number of hydrogen-bond acceptors (Lipinski definition) is 5. The van der Waals surface area contributed by atoms with E-state index >= 15 is 0 Å². The molecule has 1 saturated heterocycles. The Kier molecular flexibility index (Phi) is 8.31. The van der Waals surface area contributed by atoms with Crippen LogP contribution < -0.4 is 15.3 Å². The molecule has 0 unspecified atom stereocenters. The Morgan fingerprint density at radius 1 is 0.414 bits per heavy atom. The van der Waals surface area contributed by atoms with Crippen LogP contribution in [0.4, 0.5) is 32.8 Å². The predicted molar refractivity (Wildman–Crippen MR) is 245 cm³/mol. The number of anilines is 6. The van der Waals surface area contributed by atoms with Gasteiger partial charge in [0.25, 0.3) is 0 Å². The minimum atomic E-state index is -0.587. The molecule has 0 spiro atoms. The Morgan fingerprint density at radius 2 is 0.879 bits per heavy atom. The van der Waals surface area contributed by atoms with Crippen molar-refractivity contribution in [2.24, 2.45) is 0 Å². The van der Waals surface area contributed by atoms with Gasteiger partial charge in [-0.1, -0.05) is 136 Å². The van der Waals surface area contributed by atoms with Crippen LogP contribution in [0.2, 0.25) is 0 Å². The van der Waals surface area contributed by atoms with Gasteiger partial charge >= 0.3 is 7.12 Å². The van der Waals surface area contributed by atoms with Gasteiger partial charge in [0.05, 0.1) is 11.2 Å². The van der Waals surface area contributed by atoms with Crippen molar-refractivity contribution in [3.8, 4) is 22.3 Å². The van der Waals surface area contributed by atoms with E-state index in [9.17, 15) is 0 Å². The number of nitrogens with zero attached hydrogens (tertiary/aromatic N) is 2. The van der Waals surface area contributed by atoms with Crippen LogP contribution in [-0.4, -0.2) is 18.3 Å². The molecule has 2 aliphatic carbocycles. The molecular weight excluding hydrogens is 727 g/mol. The fourth-order valence-corrected chi connectivity index (χ4v) is 10.7. The van der Waals surface area contributed by atoms with Gasteiger partial charge in [0, 0.05) is 39.0 Å². The predicted octanol–water partition coefficient (Wildman–Crippen LogP) is 13.6. The summed E-state index contributed by atoms with van der Waals surface area (Å²) in [6.45, 7) is 17.9. The summed E-state index contributed by atoms with van der Waals surface area (Å²) in [6.07, 6.45) is 0. The fourth-order valence-electron chi connectivity index (χ4n) is 9.43. The summed E-state index contributed by atoms with van der Waals surface area (Å²) in [5, 5.41) is 2.13. The van der Waals surface area contributed by atoms with E-state index in [1.54, 1.807) is 11.3 Å². The van der Waals surface area contributed by atoms with Crippen LogP contribution in [-0.2, 0) is 20.1 Å². The summed E-state index contributed by atoms with van der Waals surface area (Å²) in [6, 6.07) is 55.5. The minimum Gasteiger partial charge on any atom is -0.399 e. The van der Waals surface area contributed by atoms with Gasteiger partial charge in [0.2, 0.25) is 0 Å². The van der Waals surface area contributed by atoms with Gasteiger partial charge in [-0.25, -0.2) is 0 Å². The average Bonchev–Trinajstić information content (AvgIpc) is 3.88. The molecule has 4 nitrogen and oxygen atoms in total. The van der Waals surface area contributed by atoms with Crippen LogP contribution >= 0.6 is 11.3 Å². The number of hydrogen-bond donors (Lipinski definition) is 0. The third kappa shape index (κ3) is 5.56. The first kappa shape index (κ1) is 36.9. The lowest BCUT2D eigenvalue weighted by Gasteiger charge is -2.32. The topological polar surface area (TPSA) is 24.9 Å². The summed E-state index contributed by atoms with van der Waals surface area (Å²) in [7, 11) is -0.587. The van der Waals surface area contributed by atoms with Crippen molar-refractivity contribution in [2.75, 3.05) is 9.80 Å². The van der Waals surface area contributed by atoms with Crippen molar-refractivity contribution in [3.05, 3.63) is 174 Å². The molecule has 0 radical (unpaired) electrons. The summed E-state index contributed by atoms with van der Waals surface area (Å²) in [5.41, 5.74) is 14.7. The number of fused-ring (bicyclic) bond motifs is 6. The second kappa shape index (κ2) is 13.1. The van der Waals surface area contributed by atoms with Gasteiger partial charge in [0.1, 0.15) is 10.0 Å². The van der Waals surface area contributed by atoms with Gasteiger partial charge < -0.3 is 19.1 Å². The molecule has 10 rings (SSSR count). The van der Waals surface area contributed by atoms with Gasteiger partial charge in [-0.05, 0) is 127 Å². The lowest BCUT2D eigenvalue weighted by atomic mass is 9.80. The van der Waals surface area contributed by atoms with E-state index < -0.39 is 18.3 Å². The van der Waals surface area contributed by atoms with Crippen LogP contribution in [0.1, 0.15) is 77.6 Å². The second-order valence-electron chi connectivity index (χ2n) is 18.1. The SMILES string of the molecule is CC1(C)c2ccccc2-c2cc(N(c3ccccc3)c3sc(N(c4ccccc4)c4ccc5c(c4)C(C)(C)c4ccccc4-5)cc3B3OC(C)(C)C(C)(C)O3)ccc21. The van der Waals surface area contributed by atoms with Crippen LogP contribution in [0.3, 0.4) is 0 Å². The third-order valence-electron chi connectivity index (χ3n) is 13.3. The first-order valence-corrected chi connectivity index (χ1v) is 21.3. The Labute approximate surface area is 347 Å². The first-order valence-electron chi connectivity index (χ1n) is 20.4. The van der Waals surface area contributed by atoms with Crippen LogP contribution in [0.15, 0.2) is 152 Å². The highest BCUT2D eigenvalue weighted by Crippen LogP contribution is 2.54. The molecule has 0 saturated carbocycles. The summed E-state index contributed by atoms with van der Waals surface area (Å²) >= 11 is 1.77. The number of benzene rings is 6. The van der Waals surface area contributed by atoms with E-state index in [0.717, 1.165) is 38.2 Å². The van der Waals surface area contributed by atoms with Crippen LogP contribution in [0, 0.1) is 0 Å². The molecule has 1 fully saturated rings. The monoisotopic (exact) mass is 776 g/mol. The Hall–Kier alpha value is -5.40. The van der Waals surface area contributed by atoms with Crippen molar-refractivity contribution in [3.63, 3.8) is 0 Å². The molecule has 6 aromatic carbocycles. The zero-order chi connectivity index (χ0) is 40.2. The molecule has 1 aromatic heterocycles. The van der Waals surface area contributed by atoms with Crippen molar-refractivity contribution in [1.29, 1.82) is 0 Å². The standard InChI is InChI=1S/C52H49BN2O2S/c1-49(2)43-26-18-16-24-39(43)41-31-36(28-30-44(41)49)55(35-21-13-10-14-22-35)48-46(53-56-51(5,6)52(7,8)57-53)33-47(58-48)54(34-19-11-9-12-20-34)37-27-29-40-38-23-15-17-25-42(38)50(3,4)45(40)32-37/h9-33H,1-8H3. The number of thiophene rings is 1. The average molecular weight is 777 g/mol. The molecular formula is C52H49BN2O2S. The Morgan fingerprint density at radius 3 is 1.50 bits per heavy atom. The maximum Gasteiger partial charge on any atom is 0.497 e. The maximum absolute atomic E-state index is 6.93. The molecule has 0 atom stereocenters. The summed E-state index contributed by atoms with van der Waals surface area (Å²) < 4.78 is 13.9. The zero-order valence-corrected chi connectivity index (χ0v) is 35.4. The van der Waals surface area contributed by atoms with Crippen LogP contribution in [0.5, 0.6) is 0 Å². The molecule has 58 heavy (non-hydrogen) atoms. The normalized spacial score (nSPS) is 17.3. The first-order chi connectivity index (χ1) is 27.8. The molecule has 0 bridgehead atoms. The quantitative estimate of drug-likeness (QED) is 0.151.